The minimum atomic E-state index is -2.94. The first-order valence-corrected chi connectivity index (χ1v) is 17.0. The molecule has 5 aliphatic rings. The quantitative estimate of drug-likeness (QED) is 0.397. The van der Waals surface area contributed by atoms with Crippen molar-refractivity contribution in [3.63, 3.8) is 0 Å². The van der Waals surface area contributed by atoms with Gasteiger partial charge in [-0.15, -0.1) is 0 Å². The second-order valence-electron chi connectivity index (χ2n) is 14.3. The van der Waals surface area contributed by atoms with Crippen molar-refractivity contribution in [2.24, 2.45) is 5.92 Å². The molecule has 11 heteroatoms. The molecule has 3 saturated carbocycles. The number of nitrogens with zero attached hydrogens (tertiary/aromatic N) is 5. The Bertz CT molecular complexity index is 1100. The topological polar surface area (TPSA) is 77.7 Å². The molecule has 1 aromatic rings. The van der Waals surface area contributed by atoms with Gasteiger partial charge in [-0.2, -0.15) is 4.98 Å². The number of alkyl halides is 3. The summed E-state index contributed by atoms with van der Waals surface area (Å²) in [6.07, 6.45) is 7.98. The first-order chi connectivity index (χ1) is 20.6. The molecule has 1 aromatic heterocycles. The van der Waals surface area contributed by atoms with Crippen LogP contribution in [0.1, 0.15) is 115 Å². The zero-order chi connectivity index (χ0) is 30.4. The SMILES string of the molecule is CCN(CC)C1CCN([C@H]2CCCC(F)(F)[C@@H]2NC(=O)N2CCC(C)(c3noc([C@@H]4C[C@@H]4F)n3)CC2C2CCCC2)CC1. The number of hydrogen-bond donors (Lipinski definition) is 1. The molecule has 2 saturated heterocycles. The van der Waals surface area contributed by atoms with Crippen LogP contribution in [-0.2, 0) is 5.41 Å². The highest BCUT2D eigenvalue weighted by Gasteiger charge is 2.52. The van der Waals surface area contributed by atoms with Gasteiger partial charge in [-0.1, -0.05) is 38.8 Å². The van der Waals surface area contributed by atoms with Crippen LogP contribution < -0.4 is 5.32 Å². The lowest BCUT2D eigenvalue weighted by Gasteiger charge is -2.49. The van der Waals surface area contributed by atoms with Gasteiger partial charge in [0.2, 0.25) is 5.89 Å². The molecule has 0 radical (unpaired) electrons. The molecule has 2 unspecified atom stereocenters. The van der Waals surface area contributed by atoms with Gasteiger partial charge < -0.3 is 19.6 Å². The Morgan fingerprint density at radius 1 is 1.02 bits per heavy atom. The molecule has 8 nitrogen and oxygen atoms in total. The molecule has 0 aromatic carbocycles. The Kier molecular flexibility index (Phi) is 9.04. The minimum absolute atomic E-state index is 0.0847. The van der Waals surface area contributed by atoms with Crippen LogP contribution in [0.25, 0.3) is 0 Å². The lowest BCUT2D eigenvalue weighted by Crippen LogP contribution is -2.66. The van der Waals surface area contributed by atoms with Crippen molar-refractivity contribution >= 4 is 6.03 Å². The summed E-state index contributed by atoms with van der Waals surface area (Å²) < 4.78 is 50.4. The van der Waals surface area contributed by atoms with Crippen molar-refractivity contribution in [2.45, 2.75) is 145 Å². The number of hydrogen-bond acceptors (Lipinski definition) is 6. The molecule has 3 heterocycles. The molecule has 2 aliphatic heterocycles. The number of halogens is 3. The number of nitrogens with one attached hydrogen (secondary N) is 1. The maximum absolute atomic E-state index is 15.6. The van der Waals surface area contributed by atoms with Crippen LogP contribution in [0.5, 0.6) is 0 Å². The van der Waals surface area contributed by atoms with Crippen LogP contribution >= 0.6 is 0 Å². The molecule has 5 fully saturated rings. The van der Waals surface area contributed by atoms with Crippen LogP contribution in [0, 0.1) is 5.92 Å². The highest BCUT2D eigenvalue weighted by atomic mass is 19.3. The molecular weight excluding hydrogens is 557 g/mol. The zero-order valence-corrected chi connectivity index (χ0v) is 26.2. The maximum Gasteiger partial charge on any atom is 0.318 e. The monoisotopic (exact) mass is 608 g/mol. The molecular formula is C32H51F3N6O2. The summed E-state index contributed by atoms with van der Waals surface area (Å²) in [7, 11) is 0. The van der Waals surface area contributed by atoms with E-state index < -0.39 is 23.6 Å². The van der Waals surface area contributed by atoms with E-state index in [9.17, 15) is 9.18 Å². The highest BCUT2D eigenvalue weighted by molar-refractivity contribution is 5.75. The average Bonchev–Trinajstić information content (AvgIpc) is 3.38. The first kappa shape index (κ1) is 31.1. The molecule has 0 spiro atoms. The van der Waals surface area contributed by atoms with Crippen molar-refractivity contribution < 1.29 is 22.5 Å². The van der Waals surface area contributed by atoms with Crippen LogP contribution in [0.2, 0.25) is 0 Å². The fourth-order valence-electron chi connectivity index (χ4n) is 8.76. The second kappa shape index (κ2) is 12.5. The Labute approximate surface area is 254 Å². The molecule has 2 amide bonds. The van der Waals surface area contributed by atoms with E-state index in [1.54, 1.807) is 0 Å². The third-order valence-electron chi connectivity index (χ3n) is 11.6. The van der Waals surface area contributed by atoms with E-state index in [1.807, 2.05) is 4.90 Å². The summed E-state index contributed by atoms with van der Waals surface area (Å²) >= 11 is 0. The maximum atomic E-state index is 15.6. The standard InChI is InChI=1S/C32H51F3N6O2/c1-4-39(5-2)22-12-16-40(17-13-22)25-11-8-14-32(34,35)27(25)36-30(42)41-18-15-31(3,20-26(41)21-9-6-7-10-21)29-37-28(43-38-29)23-19-24(23)33/h21-27H,4-20H2,1-3H3,(H,36,42)/t23-,24+,25+,26?,27-,31?/m1/s1. The van der Waals surface area contributed by atoms with Gasteiger partial charge in [0.1, 0.15) is 12.2 Å². The van der Waals surface area contributed by atoms with E-state index in [1.165, 1.54) is 0 Å². The Balaban J connectivity index is 1.16. The van der Waals surface area contributed by atoms with Crippen molar-refractivity contribution in [3.8, 4) is 0 Å². The van der Waals surface area contributed by atoms with E-state index in [-0.39, 0.29) is 30.5 Å². The smallest absolute Gasteiger partial charge is 0.318 e. The lowest BCUT2D eigenvalue weighted by atomic mass is 9.72. The van der Waals surface area contributed by atoms with E-state index >= 15 is 8.78 Å². The number of carbonyl (C=O) groups excluding carboxylic acids is 1. The number of piperidine rings is 2. The zero-order valence-electron chi connectivity index (χ0n) is 26.2. The van der Waals surface area contributed by atoms with Crippen LogP contribution in [-0.4, -0.2) is 99.9 Å². The fraction of sp³-hybridized carbons (Fsp3) is 0.906. The summed E-state index contributed by atoms with van der Waals surface area (Å²) in [6.45, 7) is 10.5. The predicted octanol–water partition coefficient (Wildman–Crippen LogP) is 5.88. The third kappa shape index (κ3) is 6.31. The van der Waals surface area contributed by atoms with Gasteiger partial charge in [-0.05, 0) is 76.8 Å². The minimum Gasteiger partial charge on any atom is -0.339 e. The summed E-state index contributed by atoms with van der Waals surface area (Å²) in [5, 5.41) is 7.19. The molecule has 43 heavy (non-hydrogen) atoms. The summed E-state index contributed by atoms with van der Waals surface area (Å²) in [4.78, 5) is 25.2. The number of aromatic nitrogens is 2. The van der Waals surface area contributed by atoms with Gasteiger partial charge >= 0.3 is 6.03 Å². The first-order valence-electron chi connectivity index (χ1n) is 17.0. The normalized spacial score (nSPS) is 35.9. The number of rotatable bonds is 8. The summed E-state index contributed by atoms with van der Waals surface area (Å²) in [5.41, 5.74) is -0.418. The average molecular weight is 609 g/mol. The van der Waals surface area contributed by atoms with Gasteiger partial charge in [-0.25, -0.2) is 18.0 Å². The van der Waals surface area contributed by atoms with Crippen molar-refractivity contribution in [2.75, 3.05) is 32.7 Å². The number of carbonyl (C=O) groups is 1. The summed E-state index contributed by atoms with van der Waals surface area (Å²) in [6, 6.07) is -1.50. The van der Waals surface area contributed by atoms with Crippen LogP contribution in [0.4, 0.5) is 18.0 Å². The molecule has 0 bridgehead atoms. The van der Waals surface area contributed by atoms with Crippen LogP contribution in [0.3, 0.4) is 0 Å². The van der Waals surface area contributed by atoms with Gasteiger partial charge in [0.25, 0.3) is 5.92 Å². The Hall–Kier alpha value is -1.88. The predicted molar refractivity (Wildman–Crippen MR) is 158 cm³/mol. The summed E-state index contributed by atoms with van der Waals surface area (Å²) in [5.74, 6) is -1.98. The fourth-order valence-corrected chi connectivity index (χ4v) is 8.76. The van der Waals surface area contributed by atoms with E-state index in [4.69, 9.17) is 4.52 Å². The number of urea groups is 1. The van der Waals surface area contributed by atoms with Gasteiger partial charge in [-0.3, -0.25) is 4.90 Å². The highest BCUT2D eigenvalue weighted by Crippen LogP contribution is 2.46. The Morgan fingerprint density at radius 2 is 1.72 bits per heavy atom. The van der Waals surface area contributed by atoms with Gasteiger partial charge in [0.05, 0.1) is 5.92 Å². The molecule has 3 aliphatic carbocycles. The second-order valence-corrected chi connectivity index (χ2v) is 14.3. The van der Waals surface area contributed by atoms with E-state index in [0.717, 1.165) is 64.7 Å². The van der Waals surface area contributed by atoms with Crippen molar-refractivity contribution in [1.82, 2.24) is 30.2 Å². The third-order valence-corrected chi connectivity index (χ3v) is 11.6. The van der Waals surface area contributed by atoms with Crippen molar-refractivity contribution in [1.29, 1.82) is 0 Å². The number of amides is 2. The largest absolute Gasteiger partial charge is 0.339 e. The van der Waals surface area contributed by atoms with E-state index in [2.05, 4.69) is 46.0 Å². The van der Waals surface area contributed by atoms with Crippen molar-refractivity contribution in [3.05, 3.63) is 11.7 Å². The number of likely N-dealkylation sites (tertiary alicyclic amines) is 2. The lowest BCUT2D eigenvalue weighted by molar-refractivity contribution is -0.0968. The van der Waals surface area contributed by atoms with Crippen LogP contribution in [0.15, 0.2) is 4.52 Å². The molecule has 6 atom stereocenters. The van der Waals surface area contributed by atoms with Gasteiger partial charge in [0.15, 0.2) is 5.82 Å². The molecule has 6 rings (SSSR count). The van der Waals surface area contributed by atoms with Gasteiger partial charge in [0, 0.05) is 49.6 Å². The van der Waals surface area contributed by atoms with E-state index in [0.29, 0.717) is 62.3 Å². The Morgan fingerprint density at radius 3 is 2.37 bits per heavy atom. The molecule has 242 valence electrons. The molecule has 1 N–H and O–H groups in total.